The van der Waals surface area contributed by atoms with Gasteiger partial charge in [0.1, 0.15) is 12.3 Å². The normalized spacial score (nSPS) is 10.4. The van der Waals surface area contributed by atoms with Gasteiger partial charge in [-0.15, -0.1) is 0 Å². The number of alkyl carbamates (subject to hydrolysis) is 1. The van der Waals surface area contributed by atoms with Gasteiger partial charge in [-0.25, -0.2) is 4.79 Å². The molecule has 24 heavy (non-hydrogen) atoms. The number of ether oxygens (including phenoxy) is 1. The van der Waals surface area contributed by atoms with Gasteiger partial charge in [0.25, 0.3) is 5.56 Å². The van der Waals surface area contributed by atoms with E-state index in [1.165, 1.54) is 0 Å². The van der Waals surface area contributed by atoms with Gasteiger partial charge in [-0.05, 0) is 38.7 Å². The van der Waals surface area contributed by atoms with E-state index in [1.807, 2.05) is 37.3 Å². The number of H-pyrrole nitrogens is 1. The van der Waals surface area contributed by atoms with Crippen molar-refractivity contribution >= 4 is 6.09 Å². The van der Waals surface area contributed by atoms with Gasteiger partial charge in [-0.2, -0.15) is 0 Å². The fraction of sp³-hybridized carbons (Fsp3) is 0.389. The average Bonchev–Trinajstić information content (AvgIpc) is 2.58. The third-order valence-electron chi connectivity index (χ3n) is 3.70. The zero-order valence-corrected chi connectivity index (χ0v) is 14.1. The third kappa shape index (κ3) is 5.53. The number of aryl methyl sites for hydroxylation is 3. The van der Waals surface area contributed by atoms with Gasteiger partial charge in [0.15, 0.2) is 0 Å². The highest BCUT2D eigenvalue weighted by atomic mass is 16.5. The molecule has 0 spiro atoms. The number of amides is 1. The van der Waals surface area contributed by atoms with Crippen molar-refractivity contribution in [1.82, 2.24) is 15.3 Å². The second kappa shape index (κ2) is 8.86. The summed E-state index contributed by atoms with van der Waals surface area (Å²) in [7, 11) is 0. The van der Waals surface area contributed by atoms with E-state index >= 15 is 0 Å². The Hall–Kier alpha value is -2.63. The van der Waals surface area contributed by atoms with Crippen LogP contribution in [0.5, 0.6) is 0 Å². The minimum Gasteiger partial charge on any atom is -0.445 e. The minimum atomic E-state index is -0.416. The summed E-state index contributed by atoms with van der Waals surface area (Å²) in [6.45, 7) is 4.39. The molecule has 128 valence electrons. The predicted molar refractivity (Wildman–Crippen MR) is 91.9 cm³/mol. The summed E-state index contributed by atoms with van der Waals surface area (Å²) in [5, 5.41) is 2.73. The van der Waals surface area contributed by atoms with Crippen molar-refractivity contribution in [3.8, 4) is 0 Å². The molecule has 0 unspecified atom stereocenters. The lowest BCUT2D eigenvalue weighted by Crippen LogP contribution is -2.25. The van der Waals surface area contributed by atoms with Gasteiger partial charge in [0.05, 0.1) is 5.69 Å². The van der Waals surface area contributed by atoms with Crippen LogP contribution in [-0.4, -0.2) is 22.6 Å². The molecular formula is C18H23N3O3. The van der Waals surface area contributed by atoms with Gasteiger partial charge in [-0.1, -0.05) is 30.3 Å². The molecule has 0 aliphatic heterocycles. The monoisotopic (exact) mass is 329 g/mol. The lowest BCUT2D eigenvalue weighted by Gasteiger charge is -2.08. The van der Waals surface area contributed by atoms with E-state index in [0.717, 1.165) is 36.2 Å². The molecule has 0 saturated carbocycles. The first-order valence-corrected chi connectivity index (χ1v) is 8.07. The van der Waals surface area contributed by atoms with Gasteiger partial charge >= 0.3 is 6.09 Å². The second-order valence-electron chi connectivity index (χ2n) is 5.66. The second-order valence-corrected chi connectivity index (χ2v) is 5.66. The lowest BCUT2D eigenvalue weighted by molar-refractivity contribution is 0.139. The third-order valence-corrected chi connectivity index (χ3v) is 3.70. The summed E-state index contributed by atoms with van der Waals surface area (Å²) in [4.78, 5) is 30.2. The molecule has 0 bridgehead atoms. The maximum absolute atomic E-state index is 11.6. The first kappa shape index (κ1) is 17.7. The molecule has 6 nitrogen and oxygen atoms in total. The van der Waals surface area contributed by atoms with Crippen LogP contribution >= 0.6 is 0 Å². The molecule has 1 aromatic carbocycles. The number of nitrogens with zero attached hydrogens (tertiary/aromatic N) is 1. The molecule has 2 aromatic rings. The van der Waals surface area contributed by atoms with E-state index in [-0.39, 0.29) is 12.2 Å². The van der Waals surface area contributed by atoms with E-state index in [2.05, 4.69) is 15.3 Å². The molecule has 1 aromatic heterocycles. The fourth-order valence-electron chi connectivity index (χ4n) is 2.32. The Bertz CT molecular complexity index is 726. The Labute approximate surface area is 141 Å². The SMILES string of the molecule is Cc1nc(C)c(=O)[nH]c1CCCCNC(=O)OCc1ccccc1. The number of benzene rings is 1. The van der Waals surface area contributed by atoms with E-state index in [1.54, 1.807) is 6.92 Å². The molecule has 0 fully saturated rings. The quantitative estimate of drug-likeness (QED) is 0.765. The van der Waals surface area contributed by atoms with Crippen molar-refractivity contribution in [1.29, 1.82) is 0 Å². The van der Waals surface area contributed by atoms with Crippen LogP contribution in [0.4, 0.5) is 4.79 Å². The fourth-order valence-corrected chi connectivity index (χ4v) is 2.32. The molecular weight excluding hydrogens is 306 g/mol. The molecule has 2 N–H and O–H groups in total. The number of aromatic amines is 1. The van der Waals surface area contributed by atoms with Gasteiger partial charge in [0, 0.05) is 12.2 Å². The molecule has 1 heterocycles. The summed E-state index contributed by atoms with van der Waals surface area (Å²) < 4.78 is 5.13. The van der Waals surface area contributed by atoms with Crippen molar-refractivity contribution < 1.29 is 9.53 Å². The molecule has 0 saturated heterocycles. The minimum absolute atomic E-state index is 0.141. The van der Waals surface area contributed by atoms with E-state index in [4.69, 9.17) is 4.74 Å². The molecule has 6 heteroatoms. The smallest absolute Gasteiger partial charge is 0.407 e. The Balaban J connectivity index is 1.63. The summed E-state index contributed by atoms with van der Waals surface area (Å²) in [5.74, 6) is 0. The zero-order chi connectivity index (χ0) is 17.4. The number of aromatic nitrogens is 2. The topological polar surface area (TPSA) is 84.1 Å². The van der Waals surface area contributed by atoms with Crippen molar-refractivity contribution in [2.24, 2.45) is 0 Å². The number of rotatable bonds is 7. The van der Waals surface area contributed by atoms with E-state index in [0.29, 0.717) is 12.2 Å². The molecule has 0 aliphatic rings. The first-order valence-electron chi connectivity index (χ1n) is 8.07. The van der Waals surface area contributed by atoms with Crippen molar-refractivity contribution in [3.05, 3.63) is 63.3 Å². The van der Waals surface area contributed by atoms with Gasteiger partial charge < -0.3 is 15.0 Å². The molecule has 0 atom stereocenters. The van der Waals surface area contributed by atoms with Crippen molar-refractivity contribution in [2.75, 3.05) is 6.54 Å². The van der Waals surface area contributed by atoms with Crippen LogP contribution in [0.1, 0.15) is 35.5 Å². The van der Waals surface area contributed by atoms with Crippen LogP contribution in [0.15, 0.2) is 35.1 Å². The number of hydrogen-bond donors (Lipinski definition) is 2. The zero-order valence-electron chi connectivity index (χ0n) is 14.1. The Kier molecular flexibility index (Phi) is 6.54. The van der Waals surface area contributed by atoms with Crippen LogP contribution in [0.25, 0.3) is 0 Å². The number of carbonyl (C=O) groups excluding carboxylic acids is 1. The van der Waals surface area contributed by atoms with Crippen LogP contribution in [0.3, 0.4) is 0 Å². The Morgan fingerprint density at radius 3 is 2.67 bits per heavy atom. The van der Waals surface area contributed by atoms with Gasteiger partial charge in [-0.3, -0.25) is 9.78 Å². The summed E-state index contributed by atoms with van der Waals surface area (Å²) in [6.07, 6.45) is 1.96. The maximum atomic E-state index is 11.6. The van der Waals surface area contributed by atoms with Gasteiger partial charge in [0.2, 0.25) is 0 Å². The highest BCUT2D eigenvalue weighted by Crippen LogP contribution is 2.05. The first-order chi connectivity index (χ1) is 11.6. The number of unbranched alkanes of at least 4 members (excludes halogenated alkanes) is 1. The van der Waals surface area contributed by atoms with Crippen LogP contribution < -0.4 is 10.9 Å². The molecule has 2 rings (SSSR count). The number of carbonyl (C=O) groups is 1. The Morgan fingerprint density at radius 2 is 1.92 bits per heavy atom. The summed E-state index contributed by atoms with van der Waals surface area (Å²) in [6, 6.07) is 9.55. The van der Waals surface area contributed by atoms with Crippen LogP contribution in [0, 0.1) is 13.8 Å². The molecule has 0 radical (unpaired) electrons. The van der Waals surface area contributed by atoms with E-state index in [9.17, 15) is 9.59 Å². The standard InChI is InChI=1S/C18H23N3O3/c1-13-16(21-17(22)14(2)20-13)10-6-7-11-19-18(23)24-12-15-8-4-3-5-9-15/h3-5,8-9H,6-7,10-12H2,1-2H3,(H,19,23)(H,21,22). The van der Waals surface area contributed by atoms with Crippen LogP contribution in [0.2, 0.25) is 0 Å². The maximum Gasteiger partial charge on any atom is 0.407 e. The predicted octanol–water partition coefficient (Wildman–Crippen LogP) is 2.64. The summed E-state index contributed by atoms with van der Waals surface area (Å²) in [5.41, 5.74) is 3.01. The largest absolute Gasteiger partial charge is 0.445 e. The van der Waals surface area contributed by atoms with Crippen molar-refractivity contribution in [2.45, 2.75) is 39.7 Å². The Morgan fingerprint density at radius 1 is 1.17 bits per heavy atom. The lowest BCUT2D eigenvalue weighted by atomic mass is 10.1. The van der Waals surface area contributed by atoms with Crippen molar-refractivity contribution in [3.63, 3.8) is 0 Å². The number of nitrogens with one attached hydrogen (secondary N) is 2. The average molecular weight is 329 g/mol. The molecule has 1 amide bonds. The molecule has 0 aliphatic carbocycles. The highest BCUT2D eigenvalue weighted by molar-refractivity contribution is 5.67. The van der Waals surface area contributed by atoms with E-state index < -0.39 is 6.09 Å². The van der Waals surface area contributed by atoms with Crippen LogP contribution in [-0.2, 0) is 17.8 Å². The highest BCUT2D eigenvalue weighted by Gasteiger charge is 2.05. The summed E-state index contributed by atoms with van der Waals surface area (Å²) >= 11 is 0. The number of hydrogen-bond acceptors (Lipinski definition) is 4.